The topological polar surface area (TPSA) is 44.1 Å². The zero-order chi connectivity index (χ0) is 13.4. The second-order valence-electron chi connectivity index (χ2n) is 4.88. The molecule has 4 nitrogen and oxygen atoms in total. The molecule has 1 saturated carbocycles. The van der Waals surface area contributed by atoms with Crippen molar-refractivity contribution in [2.45, 2.75) is 31.7 Å². The number of esters is 1. The summed E-state index contributed by atoms with van der Waals surface area (Å²) in [6.45, 7) is 0. The Morgan fingerprint density at radius 1 is 1.47 bits per heavy atom. The second-order valence-corrected chi connectivity index (χ2v) is 5.27. The summed E-state index contributed by atoms with van der Waals surface area (Å²) < 4.78 is 6.94. The second kappa shape index (κ2) is 4.85. The van der Waals surface area contributed by atoms with Crippen molar-refractivity contribution in [3.63, 3.8) is 0 Å². The first-order valence-corrected chi connectivity index (χ1v) is 6.84. The number of hydrogen-bond donors (Lipinski definition) is 0. The van der Waals surface area contributed by atoms with Gasteiger partial charge in [-0.25, -0.2) is 9.78 Å². The number of aromatic nitrogens is 2. The molecule has 100 valence electrons. The van der Waals surface area contributed by atoms with Gasteiger partial charge in [0.15, 0.2) is 0 Å². The lowest BCUT2D eigenvalue weighted by Gasteiger charge is -2.13. The summed E-state index contributed by atoms with van der Waals surface area (Å²) >= 11 is 6.03. The van der Waals surface area contributed by atoms with Gasteiger partial charge in [0.1, 0.15) is 10.8 Å². The maximum atomic E-state index is 11.8. The molecule has 0 amide bonds. The average molecular weight is 279 g/mol. The van der Waals surface area contributed by atoms with Crippen molar-refractivity contribution in [3.05, 3.63) is 29.0 Å². The van der Waals surface area contributed by atoms with Gasteiger partial charge in [0.2, 0.25) is 0 Å². The lowest BCUT2D eigenvalue weighted by atomic mass is 10.2. The van der Waals surface area contributed by atoms with E-state index in [0.717, 1.165) is 23.9 Å². The van der Waals surface area contributed by atoms with Crippen molar-refractivity contribution in [1.29, 1.82) is 0 Å². The molecular weight excluding hydrogens is 264 g/mol. The van der Waals surface area contributed by atoms with Crippen LogP contribution in [0.4, 0.5) is 0 Å². The van der Waals surface area contributed by atoms with Gasteiger partial charge < -0.3 is 9.30 Å². The number of fused-ring (bicyclic) bond motifs is 1. The molecule has 2 aromatic rings. The Labute approximate surface area is 116 Å². The van der Waals surface area contributed by atoms with Gasteiger partial charge in [-0.15, -0.1) is 0 Å². The Balaban J connectivity index is 2.17. The summed E-state index contributed by atoms with van der Waals surface area (Å²) in [7, 11) is 1.37. The van der Waals surface area contributed by atoms with Gasteiger partial charge in [0.25, 0.3) is 0 Å². The highest BCUT2D eigenvalue weighted by molar-refractivity contribution is 6.30. The molecule has 0 unspecified atom stereocenters. The van der Waals surface area contributed by atoms with Crippen molar-refractivity contribution in [3.8, 4) is 0 Å². The first kappa shape index (κ1) is 12.5. The number of ether oxygens (including phenoxy) is 1. The van der Waals surface area contributed by atoms with Crippen LogP contribution in [0.1, 0.15) is 42.1 Å². The summed E-state index contributed by atoms with van der Waals surface area (Å²) in [6, 6.07) is 3.95. The van der Waals surface area contributed by atoms with Crippen LogP contribution in [0.5, 0.6) is 0 Å². The standard InChI is InChI=1S/C14H15ClN2O2/c1-19-14(18)11-8-12(15)16-13-10(11)6-7-17(13)9-4-2-3-5-9/h6-9H,2-5H2,1H3. The van der Waals surface area contributed by atoms with Gasteiger partial charge in [0.05, 0.1) is 12.7 Å². The van der Waals surface area contributed by atoms with Gasteiger partial charge in [-0.05, 0) is 25.0 Å². The third kappa shape index (κ3) is 2.10. The van der Waals surface area contributed by atoms with Gasteiger partial charge in [0, 0.05) is 17.6 Å². The van der Waals surface area contributed by atoms with Gasteiger partial charge in [-0.2, -0.15) is 0 Å². The number of nitrogens with zero attached hydrogens (tertiary/aromatic N) is 2. The van der Waals surface area contributed by atoms with Crippen LogP contribution in [-0.4, -0.2) is 22.6 Å². The molecule has 2 aromatic heterocycles. The molecule has 3 rings (SSSR count). The predicted molar refractivity (Wildman–Crippen MR) is 73.6 cm³/mol. The van der Waals surface area contributed by atoms with E-state index in [-0.39, 0.29) is 5.97 Å². The fourth-order valence-electron chi connectivity index (χ4n) is 2.85. The lowest BCUT2D eigenvalue weighted by Crippen LogP contribution is -2.06. The minimum absolute atomic E-state index is 0.325. The first-order valence-electron chi connectivity index (χ1n) is 6.46. The third-order valence-electron chi connectivity index (χ3n) is 3.78. The molecule has 5 heteroatoms. The molecule has 1 fully saturated rings. The predicted octanol–water partition coefficient (Wildman–Crippen LogP) is 3.59. The van der Waals surface area contributed by atoms with E-state index in [9.17, 15) is 4.79 Å². The van der Waals surface area contributed by atoms with Crippen molar-refractivity contribution in [1.82, 2.24) is 9.55 Å². The van der Waals surface area contributed by atoms with E-state index in [0.29, 0.717) is 16.8 Å². The van der Waals surface area contributed by atoms with E-state index in [1.807, 2.05) is 12.3 Å². The van der Waals surface area contributed by atoms with E-state index < -0.39 is 0 Å². The number of methoxy groups -OCH3 is 1. The quantitative estimate of drug-likeness (QED) is 0.623. The maximum absolute atomic E-state index is 11.8. The number of pyridine rings is 1. The van der Waals surface area contributed by atoms with Crippen molar-refractivity contribution in [2.75, 3.05) is 7.11 Å². The molecular formula is C14H15ClN2O2. The Hall–Kier alpha value is -1.55. The highest BCUT2D eigenvalue weighted by atomic mass is 35.5. The first-order chi connectivity index (χ1) is 9.20. The molecule has 0 saturated heterocycles. The Morgan fingerprint density at radius 3 is 2.89 bits per heavy atom. The van der Waals surface area contributed by atoms with Crippen molar-refractivity contribution < 1.29 is 9.53 Å². The lowest BCUT2D eigenvalue weighted by molar-refractivity contribution is 0.0603. The summed E-state index contributed by atoms with van der Waals surface area (Å²) in [6.07, 6.45) is 6.80. The average Bonchev–Trinajstić information content (AvgIpc) is 3.04. The number of carbonyl (C=O) groups excluding carboxylic acids is 1. The highest BCUT2D eigenvalue weighted by Gasteiger charge is 2.21. The SMILES string of the molecule is COC(=O)c1cc(Cl)nc2c1ccn2C1CCCC1. The number of carbonyl (C=O) groups is 1. The van der Waals surface area contributed by atoms with Crippen LogP contribution >= 0.6 is 11.6 Å². The minimum atomic E-state index is -0.376. The van der Waals surface area contributed by atoms with Crippen LogP contribution < -0.4 is 0 Å². The largest absolute Gasteiger partial charge is 0.465 e. The summed E-state index contributed by atoms with van der Waals surface area (Å²) in [5.41, 5.74) is 1.26. The molecule has 0 aliphatic heterocycles. The molecule has 0 spiro atoms. The molecule has 2 heterocycles. The molecule has 1 aliphatic carbocycles. The fourth-order valence-corrected chi connectivity index (χ4v) is 3.04. The van der Waals surface area contributed by atoms with Crippen LogP contribution in [-0.2, 0) is 4.74 Å². The zero-order valence-corrected chi connectivity index (χ0v) is 11.5. The highest BCUT2D eigenvalue weighted by Crippen LogP contribution is 2.33. The Bertz CT molecular complexity index is 630. The van der Waals surface area contributed by atoms with Crippen LogP contribution in [0.15, 0.2) is 18.3 Å². The molecule has 1 aliphatic rings. The van der Waals surface area contributed by atoms with Gasteiger partial charge in [-0.1, -0.05) is 24.4 Å². The molecule has 0 radical (unpaired) electrons. The van der Waals surface area contributed by atoms with Crippen LogP contribution in [0.3, 0.4) is 0 Å². The Morgan fingerprint density at radius 2 is 2.21 bits per heavy atom. The number of rotatable bonds is 2. The fraction of sp³-hybridized carbons (Fsp3) is 0.429. The van der Waals surface area contributed by atoms with E-state index >= 15 is 0 Å². The van der Waals surface area contributed by atoms with E-state index in [1.165, 1.54) is 20.0 Å². The zero-order valence-electron chi connectivity index (χ0n) is 10.7. The van der Waals surface area contributed by atoms with E-state index in [1.54, 1.807) is 6.07 Å². The number of halogens is 1. The van der Waals surface area contributed by atoms with E-state index in [2.05, 4.69) is 9.55 Å². The Kier molecular flexibility index (Phi) is 3.19. The van der Waals surface area contributed by atoms with Crippen molar-refractivity contribution in [2.24, 2.45) is 0 Å². The van der Waals surface area contributed by atoms with Crippen LogP contribution in [0, 0.1) is 0 Å². The molecule has 0 atom stereocenters. The van der Waals surface area contributed by atoms with Crippen LogP contribution in [0.2, 0.25) is 5.15 Å². The van der Waals surface area contributed by atoms with E-state index in [4.69, 9.17) is 16.3 Å². The maximum Gasteiger partial charge on any atom is 0.338 e. The summed E-state index contributed by atoms with van der Waals surface area (Å²) in [4.78, 5) is 16.2. The smallest absolute Gasteiger partial charge is 0.338 e. The molecule has 19 heavy (non-hydrogen) atoms. The monoisotopic (exact) mass is 278 g/mol. The molecule has 0 bridgehead atoms. The molecule has 0 aromatic carbocycles. The molecule has 0 N–H and O–H groups in total. The summed E-state index contributed by atoms with van der Waals surface area (Å²) in [5, 5.41) is 1.13. The van der Waals surface area contributed by atoms with Crippen LogP contribution in [0.25, 0.3) is 11.0 Å². The van der Waals surface area contributed by atoms with Crippen molar-refractivity contribution >= 4 is 28.6 Å². The summed E-state index contributed by atoms with van der Waals surface area (Å²) in [5.74, 6) is -0.376. The normalized spacial score (nSPS) is 16.1. The minimum Gasteiger partial charge on any atom is -0.465 e. The number of hydrogen-bond acceptors (Lipinski definition) is 3. The third-order valence-corrected chi connectivity index (χ3v) is 3.97. The van der Waals surface area contributed by atoms with Gasteiger partial charge in [-0.3, -0.25) is 0 Å². The van der Waals surface area contributed by atoms with Gasteiger partial charge >= 0.3 is 5.97 Å².